The van der Waals surface area contributed by atoms with Crippen molar-refractivity contribution in [1.29, 1.82) is 0 Å². The summed E-state index contributed by atoms with van der Waals surface area (Å²) >= 11 is 0. The maximum Gasteiger partial charge on any atom is 0.306 e. The summed E-state index contributed by atoms with van der Waals surface area (Å²) in [5.74, 6) is -0.952. The van der Waals surface area contributed by atoms with E-state index in [1.54, 1.807) is 0 Å². The van der Waals surface area contributed by atoms with Crippen LogP contribution < -0.4 is 0 Å². The molecule has 6 nitrogen and oxygen atoms in total. The number of ether oxygens (including phenoxy) is 3. The highest BCUT2D eigenvalue weighted by molar-refractivity contribution is 5.71. The molecule has 0 aliphatic rings. The molecular weight excluding hydrogens is 925 g/mol. The summed E-state index contributed by atoms with van der Waals surface area (Å²) < 4.78 is 16.9. The molecule has 75 heavy (non-hydrogen) atoms. The van der Waals surface area contributed by atoms with Gasteiger partial charge in [-0.2, -0.15) is 0 Å². The zero-order valence-electron chi connectivity index (χ0n) is 49.0. The van der Waals surface area contributed by atoms with E-state index in [1.807, 2.05) is 0 Å². The first-order chi connectivity index (χ1) is 37.0. The zero-order valence-corrected chi connectivity index (χ0v) is 49.0. The topological polar surface area (TPSA) is 78.9 Å². The molecule has 428 valence electrons. The van der Waals surface area contributed by atoms with Crippen LogP contribution in [-0.4, -0.2) is 37.2 Å². The van der Waals surface area contributed by atoms with E-state index in [-0.39, 0.29) is 31.1 Å². The van der Waals surface area contributed by atoms with Crippen LogP contribution in [0.5, 0.6) is 0 Å². The lowest BCUT2D eigenvalue weighted by Gasteiger charge is -2.18. The van der Waals surface area contributed by atoms with Crippen molar-refractivity contribution in [2.75, 3.05) is 13.2 Å². The van der Waals surface area contributed by atoms with Gasteiger partial charge in [0.25, 0.3) is 0 Å². The lowest BCUT2D eigenvalue weighted by molar-refractivity contribution is -0.167. The van der Waals surface area contributed by atoms with E-state index in [9.17, 15) is 14.4 Å². The second-order valence-electron chi connectivity index (χ2n) is 20.6. The van der Waals surface area contributed by atoms with E-state index in [0.29, 0.717) is 19.3 Å². The second kappa shape index (κ2) is 62.6. The molecule has 0 radical (unpaired) electrons. The van der Waals surface area contributed by atoms with Crippen LogP contribution in [0, 0.1) is 0 Å². The predicted molar refractivity (Wildman–Crippen MR) is 325 cm³/mol. The Balaban J connectivity index is 4.45. The van der Waals surface area contributed by atoms with E-state index >= 15 is 0 Å². The molecule has 0 saturated heterocycles. The molecule has 0 aromatic rings. The first-order valence-electron chi connectivity index (χ1n) is 31.4. The maximum atomic E-state index is 12.9. The Labute approximate surface area is 463 Å². The van der Waals surface area contributed by atoms with Crippen molar-refractivity contribution in [1.82, 2.24) is 0 Å². The minimum atomic E-state index is -0.805. The molecule has 0 rings (SSSR count). The van der Waals surface area contributed by atoms with Crippen molar-refractivity contribution in [3.05, 3.63) is 109 Å². The van der Waals surface area contributed by atoms with Gasteiger partial charge in [-0.05, 0) is 103 Å². The molecule has 0 fully saturated rings. The number of hydrogen-bond donors (Lipinski definition) is 0. The normalized spacial score (nSPS) is 12.8. The van der Waals surface area contributed by atoms with Gasteiger partial charge in [0, 0.05) is 19.3 Å². The fraction of sp³-hybridized carbons (Fsp3) is 0.696. The zero-order chi connectivity index (χ0) is 54.3. The van der Waals surface area contributed by atoms with Crippen molar-refractivity contribution in [2.24, 2.45) is 0 Å². The van der Waals surface area contributed by atoms with Crippen LogP contribution in [0.15, 0.2) is 109 Å². The van der Waals surface area contributed by atoms with Crippen molar-refractivity contribution in [3.63, 3.8) is 0 Å². The number of hydrogen-bond acceptors (Lipinski definition) is 6. The summed E-state index contributed by atoms with van der Waals surface area (Å²) in [4.78, 5) is 38.3. The molecule has 0 aromatic heterocycles. The van der Waals surface area contributed by atoms with Gasteiger partial charge < -0.3 is 14.2 Å². The van der Waals surface area contributed by atoms with Gasteiger partial charge in [0.05, 0.1) is 0 Å². The average molecular weight is 1040 g/mol. The molecule has 6 heteroatoms. The lowest BCUT2D eigenvalue weighted by Crippen LogP contribution is -2.30. The number of carbonyl (C=O) groups is 3. The van der Waals surface area contributed by atoms with Crippen LogP contribution >= 0.6 is 0 Å². The third-order valence-electron chi connectivity index (χ3n) is 13.3. The van der Waals surface area contributed by atoms with Crippen molar-refractivity contribution < 1.29 is 28.6 Å². The highest BCUT2D eigenvalue weighted by atomic mass is 16.6. The van der Waals surface area contributed by atoms with E-state index in [2.05, 4.69) is 130 Å². The van der Waals surface area contributed by atoms with Crippen LogP contribution in [0.2, 0.25) is 0 Å². The molecular formula is C69H116O6. The molecule has 0 aromatic carbocycles. The van der Waals surface area contributed by atoms with Gasteiger partial charge in [-0.25, -0.2) is 0 Å². The van der Waals surface area contributed by atoms with E-state index in [4.69, 9.17) is 14.2 Å². The monoisotopic (exact) mass is 1040 g/mol. The number of carbonyl (C=O) groups excluding carboxylic acids is 3. The average Bonchev–Trinajstić information content (AvgIpc) is 3.41. The van der Waals surface area contributed by atoms with Crippen molar-refractivity contribution >= 4 is 17.9 Å². The molecule has 0 aliphatic heterocycles. The molecule has 0 aliphatic carbocycles. The summed E-state index contributed by atoms with van der Waals surface area (Å²) in [6.07, 6.45) is 85.2. The molecule has 0 saturated carbocycles. The van der Waals surface area contributed by atoms with Gasteiger partial charge in [0.1, 0.15) is 13.2 Å². The molecule has 1 atom stereocenters. The highest BCUT2D eigenvalue weighted by Crippen LogP contribution is 2.16. The minimum Gasteiger partial charge on any atom is -0.462 e. The minimum absolute atomic E-state index is 0.100. The Morgan fingerprint density at radius 2 is 0.520 bits per heavy atom. The van der Waals surface area contributed by atoms with Crippen LogP contribution in [0.3, 0.4) is 0 Å². The first-order valence-corrected chi connectivity index (χ1v) is 31.4. The van der Waals surface area contributed by atoms with Gasteiger partial charge in [0.2, 0.25) is 0 Å². The molecule has 0 bridgehead atoms. The maximum absolute atomic E-state index is 12.9. The summed E-state index contributed by atoms with van der Waals surface area (Å²) in [5.41, 5.74) is 0. The smallest absolute Gasteiger partial charge is 0.306 e. The fourth-order valence-corrected chi connectivity index (χ4v) is 8.64. The Hall–Kier alpha value is -3.93. The summed E-state index contributed by atoms with van der Waals surface area (Å²) in [6.45, 7) is 6.39. The van der Waals surface area contributed by atoms with E-state index < -0.39 is 6.10 Å². The summed E-state index contributed by atoms with van der Waals surface area (Å²) in [7, 11) is 0. The number of unbranched alkanes of at least 4 members (excludes halogenated alkanes) is 27. The fourth-order valence-electron chi connectivity index (χ4n) is 8.64. The van der Waals surface area contributed by atoms with Gasteiger partial charge in [0.15, 0.2) is 6.10 Å². The quantitative estimate of drug-likeness (QED) is 0.0261. The largest absolute Gasteiger partial charge is 0.462 e. The van der Waals surface area contributed by atoms with Crippen LogP contribution in [0.1, 0.15) is 290 Å². The Morgan fingerprint density at radius 3 is 0.840 bits per heavy atom. The van der Waals surface area contributed by atoms with Crippen molar-refractivity contribution in [3.8, 4) is 0 Å². The second-order valence-corrected chi connectivity index (χ2v) is 20.6. The number of esters is 3. The summed E-state index contributed by atoms with van der Waals surface area (Å²) in [5, 5.41) is 0. The van der Waals surface area contributed by atoms with Crippen LogP contribution in [0.25, 0.3) is 0 Å². The highest BCUT2D eigenvalue weighted by Gasteiger charge is 2.19. The first kappa shape index (κ1) is 71.1. The molecule has 1 unspecified atom stereocenters. The SMILES string of the molecule is CC/C=C\C/C=C\C/C=C\C/C=C\C/C=C\C/C=C\CCCCC(=O)OCC(COC(=O)CCCCCCC/C=C\C/C=C\C/C=C\CC)OC(=O)CCCCCCCCCCCCCCCCCCCCCCC. The van der Waals surface area contributed by atoms with Crippen molar-refractivity contribution in [2.45, 2.75) is 297 Å². The Kier molecular flexibility index (Phi) is 59.3. The number of rotatable bonds is 56. The predicted octanol–water partition coefficient (Wildman–Crippen LogP) is 21.4. The molecule has 0 N–H and O–H groups in total. The third-order valence-corrected chi connectivity index (χ3v) is 13.3. The molecule has 0 amide bonds. The third kappa shape index (κ3) is 60.8. The van der Waals surface area contributed by atoms with E-state index in [0.717, 1.165) is 135 Å². The molecule has 0 heterocycles. The Morgan fingerprint density at radius 1 is 0.280 bits per heavy atom. The van der Waals surface area contributed by atoms with Crippen LogP contribution in [0.4, 0.5) is 0 Å². The van der Waals surface area contributed by atoms with Gasteiger partial charge in [-0.15, -0.1) is 0 Å². The number of allylic oxidation sites excluding steroid dienone is 18. The van der Waals surface area contributed by atoms with Gasteiger partial charge in [-0.3, -0.25) is 14.4 Å². The standard InChI is InChI=1S/C69H116O6/c1-4-7-10-13-16-19-22-25-28-30-32-34-36-38-41-44-47-50-53-56-59-62-68(71)74-65-66(64-73-67(70)61-58-55-52-49-46-43-40-27-24-21-18-15-12-9-6-3)75-69(72)63-60-57-54-51-48-45-42-39-37-35-33-31-29-26-23-20-17-14-11-8-5-2/h7,9-10,12,16,18-19,21,25,27-28,32,34,38,40-41,47,50,66H,4-6,8,11,13-15,17,20,22-24,26,29-31,33,35-37,39,42-46,48-49,51-65H2,1-3H3/b10-7-,12-9-,19-16-,21-18-,28-25-,34-32-,40-27-,41-38-,50-47-. The van der Waals surface area contributed by atoms with E-state index in [1.165, 1.54) is 116 Å². The Bertz CT molecular complexity index is 1520. The summed E-state index contributed by atoms with van der Waals surface area (Å²) in [6, 6.07) is 0. The van der Waals surface area contributed by atoms with Gasteiger partial charge in [-0.1, -0.05) is 278 Å². The lowest BCUT2D eigenvalue weighted by atomic mass is 10.0. The van der Waals surface area contributed by atoms with Crippen LogP contribution in [-0.2, 0) is 28.6 Å². The molecule has 0 spiro atoms. The van der Waals surface area contributed by atoms with Gasteiger partial charge >= 0.3 is 17.9 Å².